The Bertz CT molecular complexity index is 454. The normalized spacial score (nSPS) is 24.8. The van der Waals surface area contributed by atoms with E-state index in [1.807, 2.05) is 12.3 Å². The monoisotopic (exact) mass is 288 g/mol. The molecular formula is C17H28N4. The Morgan fingerprint density at radius 1 is 1.14 bits per heavy atom. The Morgan fingerprint density at radius 2 is 1.95 bits per heavy atom. The topological polar surface area (TPSA) is 32.3 Å². The lowest BCUT2D eigenvalue weighted by atomic mass is 9.93. The van der Waals surface area contributed by atoms with E-state index in [1.54, 1.807) is 0 Å². The molecule has 1 atom stereocenters. The van der Waals surface area contributed by atoms with E-state index in [9.17, 15) is 0 Å². The van der Waals surface area contributed by atoms with Crippen LogP contribution in [0.2, 0.25) is 0 Å². The van der Waals surface area contributed by atoms with Crippen LogP contribution < -0.4 is 0 Å². The summed E-state index contributed by atoms with van der Waals surface area (Å²) in [6.07, 6.45) is 11.4. The molecule has 1 aromatic rings. The molecule has 1 saturated heterocycles. The van der Waals surface area contributed by atoms with Crippen molar-refractivity contribution in [2.75, 3.05) is 20.6 Å². The third-order valence-electron chi connectivity index (χ3n) is 4.85. The van der Waals surface area contributed by atoms with Crippen LogP contribution in [0.1, 0.15) is 62.5 Å². The molecule has 1 aliphatic heterocycles. The summed E-state index contributed by atoms with van der Waals surface area (Å²) in [5.41, 5.74) is 1.14. The molecule has 2 fully saturated rings. The van der Waals surface area contributed by atoms with Crippen molar-refractivity contribution in [3.63, 3.8) is 0 Å². The standard InChI is InChI=1S/C17H28N4/c1-20(2)13-14-10-11-18-17(19-14)16-9-6-12-21(16)15-7-4-3-5-8-15/h10-11,15-16H,3-9,12-13H2,1-2H3. The third-order valence-corrected chi connectivity index (χ3v) is 4.85. The minimum atomic E-state index is 0.454. The maximum atomic E-state index is 4.85. The molecule has 2 aliphatic rings. The molecule has 0 spiro atoms. The van der Waals surface area contributed by atoms with Crippen LogP contribution in [0, 0.1) is 0 Å². The van der Waals surface area contributed by atoms with Gasteiger partial charge in [0.1, 0.15) is 5.82 Å². The average molecular weight is 288 g/mol. The largest absolute Gasteiger partial charge is 0.304 e. The summed E-state index contributed by atoms with van der Waals surface area (Å²) in [5.74, 6) is 1.05. The fourth-order valence-electron chi connectivity index (χ4n) is 3.90. The first-order chi connectivity index (χ1) is 10.2. The Morgan fingerprint density at radius 3 is 2.71 bits per heavy atom. The van der Waals surface area contributed by atoms with Crippen LogP contribution in [0.5, 0.6) is 0 Å². The summed E-state index contributed by atoms with van der Waals surface area (Å²) < 4.78 is 0. The number of likely N-dealkylation sites (tertiary alicyclic amines) is 1. The van der Waals surface area contributed by atoms with Gasteiger partial charge in [-0.3, -0.25) is 4.90 Å². The Labute approximate surface area is 128 Å². The summed E-state index contributed by atoms with van der Waals surface area (Å²) in [6, 6.07) is 3.27. The van der Waals surface area contributed by atoms with E-state index in [4.69, 9.17) is 4.98 Å². The number of hydrogen-bond donors (Lipinski definition) is 0. The molecule has 0 bridgehead atoms. The maximum Gasteiger partial charge on any atom is 0.145 e. The van der Waals surface area contributed by atoms with Crippen molar-refractivity contribution in [1.82, 2.24) is 19.8 Å². The highest BCUT2D eigenvalue weighted by Crippen LogP contribution is 2.36. The minimum Gasteiger partial charge on any atom is -0.304 e. The molecule has 0 N–H and O–H groups in total. The molecule has 1 aliphatic carbocycles. The van der Waals surface area contributed by atoms with E-state index in [0.29, 0.717) is 6.04 Å². The van der Waals surface area contributed by atoms with Crippen LogP contribution in [0.25, 0.3) is 0 Å². The first-order valence-electron chi connectivity index (χ1n) is 8.46. The first-order valence-corrected chi connectivity index (χ1v) is 8.46. The zero-order valence-corrected chi connectivity index (χ0v) is 13.5. The van der Waals surface area contributed by atoms with E-state index < -0.39 is 0 Å². The van der Waals surface area contributed by atoms with Gasteiger partial charge in [0.05, 0.1) is 11.7 Å². The lowest BCUT2D eigenvalue weighted by Gasteiger charge is -2.35. The quantitative estimate of drug-likeness (QED) is 0.852. The zero-order valence-electron chi connectivity index (χ0n) is 13.5. The van der Waals surface area contributed by atoms with Gasteiger partial charge in [-0.25, -0.2) is 9.97 Å². The predicted molar refractivity (Wildman–Crippen MR) is 85.0 cm³/mol. The molecule has 0 amide bonds. The number of hydrogen-bond acceptors (Lipinski definition) is 4. The molecule has 3 rings (SSSR count). The summed E-state index contributed by atoms with van der Waals surface area (Å²) >= 11 is 0. The highest BCUT2D eigenvalue weighted by atomic mass is 15.2. The van der Waals surface area contributed by atoms with Crippen LogP contribution in [0.15, 0.2) is 12.3 Å². The van der Waals surface area contributed by atoms with E-state index >= 15 is 0 Å². The second kappa shape index (κ2) is 6.84. The summed E-state index contributed by atoms with van der Waals surface area (Å²) in [6.45, 7) is 2.13. The van der Waals surface area contributed by atoms with Gasteiger partial charge in [-0.1, -0.05) is 19.3 Å². The van der Waals surface area contributed by atoms with Gasteiger partial charge >= 0.3 is 0 Å². The van der Waals surface area contributed by atoms with Crippen molar-refractivity contribution in [3.05, 3.63) is 23.8 Å². The van der Waals surface area contributed by atoms with E-state index in [1.165, 1.54) is 51.5 Å². The molecule has 0 aromatic carbocycles. The molecule has 116 valence electrons. The summed E-state index contributed by atoms with van der Waals surface area (Å²) in [4.78, 5) is 14.3. The second-order valence-electron chi connectivity index (χ2n) is 6.83. The van der Waals surface area contributed by atoms with Gasteiger partial charge in [0, 0.05) is 18.8 Å². The molecule has 21 heavy (non-hydrogen) atoms. The molecule has 1 aromatic heterocycles. The molecule has 1 saturated carbocycles. The van der Waals surface area contributed by atoms with Crippen molar-refractivity contribution in [2.24, 2.45) is 0 Å². The van der Waals surface area contributed by atoms with Crippen molar-refractivity contribution >= 4 is 0 Å². The maximum absolute atomic E-state index is 4.85. The van der Waals surface area contributed by atoms with Crippen molar-refractivity contribution in [2.45, 2.75) is 63.6 Å². The molecule has 2 heterocycles. The molecule has 4 nitrogen and oxygen atoms in total. The van der Waals surface area contributed by atoms with Gasteiger partial charge in [-0.15, -0.1) is 0 Å². The lowest BCUT2D eigenvalue weighted by Crippen LogP contribution is -2.37. The van der Waals surface area contributed by atoms with Crippen LogP contribution in [-0.4, -0.2) is 46.4 Å². The Kier molecular flexibility index (Phi) is 4.86. The van der Waals surface area contributed by atoms with Crippen molar-refractivity contribution < 1.29 is 0 Å². The van der Waals surface area contributed by atoms with Gasteiger partial charge in [0.15, 0.2) is 0 Å². The number of aromatic nitrogens is 2. The minimum absolute atomic E-state index is 0.454. The molecule has 4 heteroatoms. The second-order valence-corrected chi connectivity index (χ2v) is 6.83. The average Bonchev–Trinajstić information content (AvgIpc) is 2.97. The van der Waals surface area contributed by atoms with Gasteiger partial charge in [0.25, 0.3) is 0 Å². The van der Waals surface area contributed by atoms with Gasteiger partial charge in [-0.2, -0.15) is 0 Å². The van der Waals surface area contributed by atoms with Crippen molar-refractivity contribution in [3.8, 4) is 0 Å². The first kappa shape index (κ1) is 14.9. The van der Waals surface area contributed by atoms with Gasteiger partial charge < -0.3 is 4.90 Å². The molecule has 0 radical (unpaired) electrons. The number of rotatable bonds is 4. The van der Waals surface area contributed by atoms with Crippen LogP contribution in [0.3, 0.4) is 0 Å². The SMILES string of the molecule is CN(C)Cc1ccnc(C2CCCN2C2CCCCC2)n1. The van der Waals surface area contributed by atoms with Gasteiger partial charge in [0.2, 0.25) is 0 Å². The van der Waals surface area contributed by atoms with Crippen LogP contribution in [-0.2, 0) is 6.54 Å². The Hall–Kier alpha value is -1.00. The fourth-order valence-corrected chi connectivity index (χ4v) is 3.90. The van der Waals surface area contributed by atoms with Crippen LogP contribution in [0.4, 0.5) is 0 Å². The lowest BCUT2D eigenvalue weighted by molar-refractivity contribution is 0.137. The summed E-state index contributed by atoms with van der Waals surface area (Å²) in [7, 11) is 4.18. The van der Waals surface area contributed by atoms with Crippen molar-refractivity contribution in [1.29, 1.82) is 0 Å². The Balaban J connectivity index is 1.75. The fraction of sp³-hybridized carbons (Fsp3) is 0.765. The molecular weight excluding hydrogens is 260 g/mol. The van der Waals surface area contributed by atoms with Crippen LogP contribution >= 0.6 is 0 Å². The highest BCUT2D eigenvalue weighted by molar-refractivity contribution is 5.07. The number of nitrogens with zero attached hydrogens (tertiary/aromatic N) is 4. The van der Waals surface area contributed by atoms with E-state index in [2.05, 4.69) is 28.9 Å². The van der Waals surface area contributed by atoms with E-state index in [-0.39, 0.29) is 0 Å². The summed E-state index contributed by atoms with van der Waals surface area (Å²) in [5, 5.41) is 0. The van der Waals surface area contributed by atoms with Gasteiger partial charge in [-0.05, 0) is 52.4 Å². The van der Waals surface area contributed by atoms with E-state index in [0.717, 1.165) is 24.1 Å². The molecule has 1 unspecified atom stereocenters. The third kappa shape index (κ3) is 3.61. The zero-order chi connectivity index (χ0) is 14.7. The smallest absolute Gasteiger partial charge is 0.145 e. The predicted octanol–water partition coefficient (Wildman–Crippen LogP) is 3.01. The highest BCUT2D eigenvalue weighted by Gasteiger charge is 2.33.